The average molecular weight is 450 g/mol. The summed E-state index contributed by atoms with van der Waals surface area (Å²) in [4.78, 5) is 6.46. The van der Waals surface area contributed by atoms with Crippen LogP contribution in [0.3, 0.4) is 0 Å². The Kier molecular flexibility index (Phi) is 7.07. The van der Waals surface area contributed by atoms with Crippen molar-refractivity contribution in [1.29, 1.82) is 0 Å². The number of nitrogens with zero attached hydrogens (tertiary/aromatic N) is 2. The summed E-state index contributed by atoms with van der Waals surface area (Å²) in [6.45, 7) is 2.68. The lowest BCUT2D eigenvalue weighted by Crippen LogP contribution is -2.35. The van der Waals surface area contributed by atoms with Gasteiger partial charge < -0.3 is 9.64 Å². The van der Waals surface area contributed by atoms with E-state index in [1.807, 2.05) is 54.9 Å². The van der Waals surface area contributed by atoms with E-state index >= 15 is 0 Å². The summed E-state index contributed by atoms with van der Waals surface area (Å²) in [5.41, 5.74) is 2.55. The summed E-state index contributed by atoms with van der Waals surface area (Å²) >= 11 is 0. The molecule has 3 aromatic rings. The number of piperidine rings is 1. The van der Waals surface area contributed by atoms with Crippen LogP contribution in [0.5, 0.6) is 5.75 Å². The molecule has 1 aliphatic rings. The maximum absolute atomic E-state index is 12.3. The van der Waals surface area contributed by atoms with Crippen LogP contribution < -0.4 is 14.4 Å². The summed E-state index contributed by atoms with van der Waals surface area (Å²) in [6, 6.07) is 20.4. The third kappa shape index (κ3) is 6.34. The Morgan fingerprint density at radius 1 is 0.969 bits per heavy atom. The van der Waals surface area contributed by atoms with Crippen LogP contribution in [-0.2, 0) is 10.0 Å². The van der Waals surface area contributed by atoms with Crippen LogP contribution in [-0.4, -0.2) is 33.1 Å². The Balaban J connectivity index is 1.24. The lowest BCUT2D eigenvalue weighted by Gasteiger charge is -2.33. The minimum absolute atomic E-state index is 0.501. The zero-order chi connectivity index (χ0) is 22.2. The van der Waals surface area contributed by atoms with Gasteiger partial charge in [0.15, 0.2) is 0 Å². The van der Waals surface area contributed by atoms with Crippen molar-refractivity contribution in [3.8, 4) is 5.75 Å². The van der Waals surface area contributed by atoms with E-state index in [9.17, 15) is 8.42 Å². The van der Waals surface area contributed by atoms with E-state index in [-0.39, 0.29) is 0 Å². The first-order valence-corrected chi connectivity index (χ1v) is 12.3. The van der Waals surface area contributed by atoms with E-state index in [2.05, 4.69) is 14.6 Å². The molecule has 7 heteroatoms. The van der Waals surface area contributed by atoms with E-state index < -0.39 is 10.0 Å². The first kappa shape index (κ1) is 21.9. The van der Waals surface area contributed by atoms with Gasteiger partial charge in [0.2, 0.25) is 0 Å². The normalized spacial score (nSPS) is 15.1. The van der Waals surface area contributed by atoms with Crippen molar-refractivity contribution in [2.75, 3.05) is 29.3 Å². The molecule has 0 aliphatic carbocycles. The minimum Gasteiger partial charge on any atom is -0.493 e. The minimum atomic E-state index is -3.58. The van der Waals surface area contributed by atoms with Crippen molar-refractivity contribution in [2.24, 2.45) is 5.92 Å². The molecule has 32 heavy (non-hydrogen) atoms. The van der Waals surface area contributed by atoms with E-state index in [4.69, 9.17) is 4.74 Å². The summed E-state index contributed by atoms with van der Waals surface area (Å²) in [5, 5.41) is 1.17. The molecule has 0 amide bonds. The van der Waals surface area contributed by atoms with Crippen LogP contribution in [0.25, 0.3) is 6.08 Å². The average Bonchev–Trinajstić information content (AvgIpc) is 2.84. The van der Waals surface area contributed by atoms with Crippen LogP contribution in [0.2, 0.25) is 0 Å². The highest BCUT2D eigenvalue weighted by molar-refractivity contribution is 7.95. The Morgan fingerprint density at radius 3 is 2.34 bits per heavy atom. The standard InChI is InChI=1S/C25H27N3O3S/c29-32(30,19-14-21-4-2-1-3-5-21)27-23-6-8-25(9-7-23)31-20-22-12-17-28(18-13-22)24-10-15-26-16-11-24/h1-11,14-16,19,22,27H,12-13,17-18,20H2. The van der Waals surface area contributed by atoms with Gasteiger partial charge in [0, 0.05) is 36.9 Å². The maximum Gasteiger partial charge on any atom is 0.255 e. The van der Waals surface area contributed by atoms with Gasteiger partial charge in [0.1, 0.15) is 5.75 Å². The monoisotopic (exact) mass is 449 g/mol. The summed E-state index contributed by atoms with van der Waals surface area (Å²) in [7, 11) is -3.58. The molecule has 0 atom stereocenters. The smallest absolute Gasteiger partial charge is 0.255 e. The molecule has 1 aliphatic heterocycles. The van der Waals surface area contributed by atoms with E-state index in [1.165, 1.54) is 11.1 Å². The van der Waals surface area contributed by atoms with E-state index in [0.717, 1.165) is 37.2 Å². The number of anilines is 2. The predicted molar refractivity (Wildman–Crippen MR) is 129 cm³/mol. The fourth-order valence-corrected chi connectivity index (χ4v) is 4.55. The largest absolute Gasteiger partial charge is 0.493 e. The van der Waals surface area contributed by atoms with Gasteiger partial charge in [0.05, 0.1) is 12.0 Å². The van der Waals surface area contributed by atoms with Gasteiger partial charge >= 0.3 is 0 Å². The van der Waals surface area contributed by atoms with Gasteiger partial charge in [-0.1, -0.05) is 30.3 Å². The summed E-state index contributed by atoms with van der Waals surface area (Å²) < 4.78 is 33.1. The van der Waals surface area contributed by atoms with Crippen molar-refractivity contribution in [3.05, 3.63) is 90.1 Å². The van der Waals surface area contributed by atoms with Gasteiger partial charge in [-0.05, 0) is 66.8 Å². The molecule has 0 spiro atoms. The van der Waals surface area contributed by atoms with E-state index in [0.29, 0.717) is 18.2 Å². The lowest BCUT2D eigenvalue weighted by atomic mass is 9.97. The van der Waals surface area contributed by atoms with Crippen molar-refractivity contribution in [2.45, 2.75) is 12.8 Å². The highest BCUT2D eigenvalue weighted by Gasteiger charge is 2.20. The topological polar surface area (TPSA) is 71.5 Å². The highest BCUT2D eigenvalue weighted by atomic mass is 32.2. The Labute approximate surface area is 189 Å². The molecule has 6 nitrogen and oxygen atoms in total. The number of nitrogens with one attached hydrogen (secondary N) is 1. The molecule has 166 valence electrons. The molecule has 1 saturated heterocycles. The molecule has 2 aromatic carbocycles. The Morgan fingerprint density at radius 2 is 1.66 bits per heavy atom. The van der Waals surface area contributed by atoms with Crippen LogP contribution >= 0.6 is 0 Å². The van der Waals surface area contributed by atoms with Crippen molar-refractivity contribution in [3.63, 3.8) is 0 Å². The molecule has 2 heterocycles. The number of sulfonamides is 1. The van der Waals surface area contributed by atoms with Gasteiger partial charge in [-0.15, -0.1) is 0 Å². The number of rotatable bonds is 8. The predicted octanol–water partition coefficient (Wildman–Crippen LogP) is 4.79. The number of hydrogen-bond acceptors (Lipinski definition) is 5. The number of hydrogen-bond donors (Lipinski definition) is 1. The van der Waals surface area contributed by atoms with Crippen LogP contribution in [0, 0.1) is 5.92 Å². The second-order valence-electron chi connectivity index (χ2n) is 7.83. The molecular weight excluding hydrogens is 422 g/mol. The van der Waals surface area contributed by atoms with Crippen molar-refractivity contribution < 1.29 is 13.2 Å². The van der Waals surface area contributed by atoms with Gasteiger partial charge in [-0.25, -0.2) is 8.42 Å². The second kappa shape index (κ2) is 10.3. The molecule has 0 saturated carbocycles. The summed E-state index contributed by atoms with van der Waals surface area (Å²) in [6.07, 6.45) is 7.38. The maximum atomic E-state index is 12.3. The van der Waals surface area contributed by atoms with Crippen LogP contribution in [0.4, 0.5) is 11.4 Å². The van der Waals surface area contributed by atoms with Gasteiger partial charge in [-0.2, -0.15) is 0 Å². The second-order valence-corrected chi connectivity index (χ2v) is 9.40. The quantitative estimate of drug-likeness (QED) is 0.535. The molecule has 1 aromatic heterocycles. The van der Waals surface area contributed by atoms with Crippen LogP contribution in [0.15, 0.2) is 84.5 Å². The van der Waals surface area contributed by atoms with E-state index in [1.54, 1.807) is 30.3 Å². The zero-order valence-corrected chi connectivity index (χ0v) is 18.6. The number of ether oxygens (including phenoxy) is 1. The molecule has 0 bridgehead atoms. The number of aromatic nitrogens is 1. The van der Waals surface area contributed by atoms with Crippen molar-refractivity contribution in [1.82, 2.24) is 4.98 Å². The third-order valence-electron chi connectivity index (χ3n) is 5.48. The van der Waals surface area contributed by atoms with Crippen LogP contribution in [0.1, 0.15) is 18.4 Å². The Bertz CT molecular complexity index is 1110. The first-order valence-electron chi connectivity index (χ1n) is 10.7. The molecule has 0 radical (unpaired) electrons. The molecule has 4 rings (SSSR count). The molecular formula is C25H27N3O3S. The SMILES string of the molecule is O=S(=O)(C=Cc1ccccc1)Nc1ccc(OCC2CCN(c3ccncc3)CC2)cc1. The van der Waals surface area contributed by atoms with Gasteiger partial charge in [0.25, 0.3) is 10.0 Å². The number of benzene rings is 2. The molecule has 0 unspecified atom stereocenters. The highest BCUT2D eigenvalue weighted by Crippen LogP contribution is 2.24. The van der Waals surface area contributed by atoms with Crippen molar-refractivity contribution >= 4 is 27.5 Å². The fraction of sp³-hybridized carbons (Fsp3) is 0.240. The summed E-state index contributed by atoms with van der Waals surface area (Å²) in [5.74, 6) is 1.25. The molecule has 1 N–H and O–H groups in total. The molecule has 1 fully saturated rings. The van der Waals surface area contributed by atoms with Gasteiger partial charge in [-0.3, -0.25) is 9.71 Å². The third-order valence-corrected chi connectivity index (χ3v) is 6.50. The first-order chi connectivity index (χ1) is 15.6. The number of pyridine rings is 1. The lowest BCUT2D eigenvalue weighted by molar-refractivity contribution is 0.223. The fourth-order valence-electron chi connectivity index (χ4n) is 3.68. The zero-order valence-electron chi connectivity index (χ0n) is 17.8. The Hall–Kier alpha value is -3.32.